The molecule has 0 amide bonds. The molecule has 0 radical (unpaired) electrons. The van der Waals surface area contributed by atoms with Gasteiger partial charge in [-0.1, -0.05) is 32.0 Å². The number of carbonyl (C=O) groups is 1. The molecular weight excluding hydrogens is 242 g/mol. The lowest BCUT2D eigenvalue weighted by atomic mass is 10.1. The number of ether oxygens (including phenoxy) is 1. The van der Waals surface area contributed by atoms with E-state index in [9.17, 15) is 9.90 Å². The highest BCUT2D eigenvalue weighted by Crippen LogP contribution is 2.31. The van der Waals surface area contributed by atoms with E-state index in [0.717, 1.165) is 11.3 Å². The van der Waals surface area contributed by atoms with Crippen molar-refractivity contribution in [3.05, 3.63) is 29.8 Å². The second kappa shape index (κ2) is 6.06. The maximum Gasteiger partial charge on any atom is 0.326 e. The summed E-state index contributed by atoms with van der Waals surface area (Å²) in [6.45, 7) is 6.11. The second-order valence-corrected chi connectivity index (χ2v) is 5.35. The van der Waals surface area contributed by atoms with E-state index in [1.54, 1.807) is 0 Å². The number of fused-ring (bicyclic) bond motifs is 1. The quantitative estimate of drug-likeness (QED) is 0.799. The maximum absolute atomic E-state index is 11.3. The first-order valence-electron chi connectivity index (χ1n) is 6.74. The summed E-state index contributed by atoms with van der Waals surface area (Å²) in [5, 5.41) is 9.32. The standard InChI is InChI=1S/C15H21NO3/c1-11(2)10-19-8-7-16-13-6-4-3-5-12(13)9-14(16)15(17)18/h3-6,11,14H,7-10H2,1-2H3,(H,17,18). The van der Waals surface area contributed by atoms with Gasteiger partial charge in [0, 0.05) is 25.3 Å². The zero-order valence-corrected chi connectivity index (χ0v) is 11.5. The van der Waals surface area contributed by atoms with Crippen molar-refractivity contribution in [2.75, 3.05) is 24.7 Å². The number of aliphatic carboxylic acids is 1. The van der Waals surface area contributed by atoms with Crippen LogP contribution in [0.5, 0.6) is 0 Å². The number of carboxylic acid groups (broad SMARTS) is 1. The van der Waals surface area contributed by atoms with Gasteiger partial charge in [-0.15, -0.1) is 0 Å². The number of nitrogens with zero attached hydrogens (tertiary/aromatic N) is 1. The Kier molecular flexibility index (Phi) is 4.43. The molecule has 1 aliphatic heterocycles. The molecule has 0 aromatic heterocycles. The molecule has 0 saturated heterocycles. The fourth-order valence-corrected chi connectivity index (χ4v) is 2.43. The SMILES string of the molecule is CC(C)COCCN1c2ccccc2CC1C(=O)O. The van der Waals surface area contributed by atoms with Crippen LogP contribution in [-0.2, 0) is 16.0 Å². The summed E-state index contributed by atoms with van der Waals surface area (Å²) >= 11 is 0. The van der Waals surface area contributed by atoms with E-state index in [2.05, 4.69) is 13.8 Å². The molecule has 1 atom stereocenters. The average molecular weight is 263 g/mol. The Morgan fingerprint density at radius 1 is 1.47 bits per heavy atom. The highest BCUT2D eigenvalue weighted by molar-refractivity contribution is 5.82. The molecule has 104 valence electrons. The summed E-state index contributed by atoms with van der Waals surface area (Å²) < 4.78 is 5.57. The number of hydrogen-bond donors (Lipinski definition) is 1. The van der Waals surface area contributed by atoms with Crippen molar-refractivity contribution < 1.29 is 14.6 Å². The molecule has 19 heavy (non-hydrogen) atoms. The molecule has 4 nitrogen and oxygen atoms in total. The van der Waals surface area contributed by atoms with E-state index < -0.39 is 12.0 Å². The van der Waals surface area contributed by atoms with Crippen molar-refractivity contribution >= 4 is 11.7 Å². The number of benzene rings is 1. The third kappa shape index (κ3) is 3.26. The highest BCUT2D eigenvalue weighted by atomic mass is 16.5. The Balaban J connectivity index is 2.01. The molecule has 1 heterocycles. The Morgan fingerprint density at radius 2 is 2.21 bits per heavy atom. The molecule has 0 spiro atoms. The smallest absolute Gasteiger partial charge is 0.326 e. The second-order valence-electron chi connectivity index (χ2n) is 5.35. The van der Waals surface area contributed by atoms with Gasteiger partial charge in [-0.2, -0.15) is 0 Å². The van der Waals surface area contributed by atoms with Crippen molar-refractivity contribution in [2.45, 2.75) is 26.3 Å². The first-order chi connectivity index (χ1) is 9.09. The molecule has 1 aliphatic rings. The molecule has 1 aromatic carbocycles. The Hall–Kier alpha value is -1.55. The number of rotatable bonds is 6. The van der Waals surface area contributed by atoms with Crippen LogP contribution in [0.25, 0.3) is 0 Å². The third-order valence-corrected chi connectivity index (χ3v) is 3.30. The van der Waals surface area contributed by atoms with E-state index in [-0.39, 0.29) is 0 Å². The molecule has 1 aromatic rings. The van der Waals surface area contributed by atoms with Gasteiger partial charge in [0.15, 0.2) is 0 Å². The number of anilines is 1. The van der Waals surface area contributed by atoms with Gasteiger partial charge in [0.05, 0.1) is 6.61 Å². The predicted molar refractivity (Wildman–Crippen MR) is 74.6 cm³/mol. The van der Waals surface area contributed by atoms with Crippen molar-refractivity contribution in [3.8, 4) is 0 Å². The van der Waals surface area contributed by atoms with E-state index >= 15 is 0 Å². The molecule has 4 heteroatoms. The van der Waals surface area contributed by atoms with Crippen LogP contribution < -0.4 is 4.90 Å². The number of para-hydroxylation sites is 1. The summed E-state index contributed by atoms with van der Waals surface area (Å²) in [6, 6.07) is 7.43. The van der Waals surface area contributed by atoms with Gasteiger partial charge < -0.3 is 14.7 Å². The lowest BCUT2D eigenvalue weighted by Gasteiger charge is -2.24. The summed E-state index contributed by atoms with van der Waals surface area (Å²) in [4.78, 5) is 13.3. The molecule has 0 aliphatic carbocycles. The van der Waals surface area contributed by atoms with E-state index in [1.807, 2.05) is 29.2 Å². The predicted octanol–water partition coefficient (Wildman–Crippen LogP) is 2.17. The van der Waals surface area contributed by atoms with Crippen molar-refractivity contribution in [2.24, 2.45) is 5.92 Å². The van der Waals surface area contributed by atoms with Gasteiger partial charge in [0.2, 0.25) is 0 Å². The average Bonchev–Trinajstić information content (AvgIpc) is 2.73. The minimum absolute atomic E-state index is 0.458. The van der Waals surface area contributed by atoms with Crippen LogP contribution in [0.15, 0.2) is 24.3 Å². The summed E-state index contributed by atoms with van der Waals surface area (Å²) in [7, 11) is 0. The molecular formula is C15H21NO3. The van der Waals surface area contributed by atoms with Gasteiger partial charge in [0.25, 0.3) is 0 Å². The Bertz CT molecular complexity index is 445. The van der Waals surface area contributed by atoms with E-state index in [0.29, 0.717) is 32.1 Å². The zero-order valence-electron chi connectivity index (χ0n) is 11.5. The lowest BCUT2D eigenvalue weighted by Crippen LogP contribution is -2.40. The van der Waals surface area contributed by atoms with Crippen LogP contribution in [0.3, 0.4) is 0 Å². The van der Waals surface area contributed by atoms with Gasteiger partial charge in [0.1, 0.15) is 6.04 Å². The lowest BCUT2D eigenvalue weighted by molar-refractivity contribution is -0.138. The van der Waals surface area contributed by atoms with Crippen molar-refractivity contribution in [1.29, 1.82) is 0 Å². The molecule has 1 unspecified atom stereocenters. The maximum atomic E-state index is 11.3. The molecule has 2 rings (SSSR count). The Labute approximate surface area is 114 Å². The molecule has 1 N–H and O–H groups in total. The highest BCUT2D eigenvalue weighted by Gasteiger charge is 2.33. The minimum atomic E-state index is -0.764. The molecule has 0 fully saturated rings. The van der Waals surface area contributed by atoms with E-state index in [4.69, 9.17) is 4.74 Å². The van der Waals surface area contributed by atoms with Gasteiger partial charge >= 0.3 is 5.97 Å². The van der Waals surface area contributed by atoms with Crippen LogP contribution in [0.1, 0.15) is 19.4 Å². The molecule has 0 saturated carbocycles. The fourth-order valence-electron chi connectivity index (χ4n) is 2.43. The van der Waals surface area contributed by atoms with Gasteiger partial charge in [-0.3, -0.25) is 0 Å². The van der Waals surface area contributed by atoms with Crippen LogP contribution in [-0.4, -0.2) is 36.9 Å². The van der Waals surface area contributed by atoms with Crippen LogP contribution in [0, 0.1) is 5.92 Å². The normalized spacial score (nSPS) is 17.8. The third-order valence-electron chi connectivity index (χ3n) is 3.30. The van der Waals surface area contributed by atoms with Crippen molar-refractivity contribution in [3.63, 3.8) is 0 Å². The summed E-state index contributed by atoms with van der Waals surface area (Å²) in [5.41, 5.74) is 2.14. The van der Waals surface area contributed by atoms with Crippen LogP contribution in [0.4, 0.5) is 5.69 Å². The number of carboxylic acids is 1. The topological polar surface area (TPSA) is 49.8 Å². The fraction of sp³-hybridized carbons (Fsp3) is 0.533. The van der Waals surface area contributed by atoms with Crippen molar-refractivity contribution in [1.82, 2.24) is 0 Å². The first kappa shape index (κ1) is 13.9. The Morgan fingerprint density at radius 3 is 2.89 bits per heavy atom. The largest absolute Gasteiger partial charge is 0.480 e. The number of hydrogen-bond acceptors (Lipinski definition) is 3. The zero-order chi connectivity index (χ0) is 13.8. The first-order valence-corrected chi connectivity index (χ1v) is 6.74. The summed E-state index contributed by atoms with van der Waals surface area (Å²) in [6.07, 6.45) is 0.579. The van der Waals surface area contributed by atoms with E-state index in [1.165, 1.54) is 0 Å². The molecule has 0 bridgehead atoms. The van der Waals surface area contributed by atoms with Crippen LogP contribution in [0.2, 0.25) is 0 Å². The van der Waals surface area contributed by atoms with Gasteiger partial charge in [-0.05, 0) is 17.5 Å². The summed E-state index contributed by atoms with van der Waals surface area (Å²) in [5.74, 6) is -0.263. The monoisotopic (exact) mass is 263 g/mol. The van der Waals surface area contributed by atoms with Crippen LogP contribution >= 0.6 is 0 Å². The minimum Gasteiger partial charge on any atom is -0.480 e. The van der Waals surface area contributed by atoms with Gasteiger partial charge in [-0.25, -0.2) is 4.79 Å².